The Hall–Kier alpha value is -3.24. The van der Waals surface area contributed by atoms with E-state index in [4.69, 9.17) is 0 Å². The molecule has 0 atom stereocenters. The zero-order valence-corrected chi connectivity index (χ0v) is 12.0. The number of benzene rings is 2. The van der Waals surface area contributed by atoms with Gasteiger partial charge in [-0.1, -0.05) is 0 Å². The first-order valence-electron chi connectivity index (χ1n) is 6.46. The monoisotopic (exact) mass is 361 g/mol. The number of anilines is 2. The molecule has 0 spiro atoms. The van der Waals surface area contributed by atoms with Crippen LogP contribution in [0.2, 0.25) is 0 Å². The minimum absolute atomic E-state index is 0.248. The number of non-ortho nitro benzene ring substituents is 1. The molecule has 2 aromatic rings. The Bertz CT molecular complexity index is 839. The fourth-order valence-corrected chi connectivity index (χ4v) is 1.86. The van der Waals surface area contributed by atoms with Crippen LogP contribution in [-0.4, -0.2) is 11.0 Å². The second-order valence-corrected chi connectivity index (χ2v) is 4.69. The molecular weight excluding hydrogens is 353 g/mol. The summed E-state index contributed by atoms with van der Waals surface area (Å²) in [5.74, 6) is -1.88. The number of carbonyl (C=O) groups is 1. The van der Waals surface area contributed by atoms with Crippen LogP contribution >= 0.6 is 0 Å². The second kappa shape index (κ2) is 6.71. The van der Waals surface area contributed by atoms with Gasteiger partial charge in [-0.25, -0.2) is 13.6 Å². The van der Waals surface area contributed by atoms with Gasteiger partial charge in [-0.05, 0) is 18.2 Å². The Balaban J connectivity index is 2.28. The number of hydrogen-bond acceptors (Lipinski definition) is 3. The molecule has 25 heavy (non-hydrogen) atoms. The molecule has 0 radical (unpaired) electrons. The first kappa shape index (κ1) is 18.1. The van der Waals surface area contributed by atoms with Gasteiger partial charge >= 0.3 is 12.2 Å². The van der Waals surface area contributed by atoms with Gasteiger partial charge in [-0.15, -0.1) is 0 Å². The molecule has 2 N–H and O–H groups in total. The Morgan fingerprint density at radius 1 is 1.00 bits per heavy atom. The predicted molar refractivity (Wildman–Crippen MR) is 77.1 cm³/mol. The van der Waals surface area contributed by atoms with Crippen LogP contribution in [0.3, 0.4) is 0 Å². The maximum atomic E-state index is 13.4. The van der Waals surface area contributed by atoms with Crippen molar-refractivity contribution in [2.75, 3.05) is 10.6 Å². The van der Waals surface area contributed by atoms with E-state index in [9.17, 15) is 36.9 Å². The quantitative estimate of drug-likeness (QED) is 0.478. The Kier molecular flexibility index (Phi) is 4.86. The van der Waals surface area contributed by atoms with Crippen molar-refractivity contribution in [3.8, 4) is 0 Å². The van der Waals surface area contributed by atoms with Crippen LogP contribution in [-0.2, 0) is 6.18 Å². The summed E-state index contributed by atoms with van der Waals surface area (Å²) >= 11 is 0. The molecule has 6 nitrogen and oxygen atoms in total. The molecule has 2 amide bonds. The number of amides is 2. The van der Waals surface area contributed by atoms with Crippen molar-refractivity contribution in [2.24, 2.45) is 0 Å². The molecule has 0 aliphatic heterocycles. The largest absolute Gasteiger partial charge is 0.418 e. The van der Waals surface area contributed by atoms with Gasteiger partial charge < -0.3 is 10.6 Å². The fraction of sp³-hybridized carbons (Fsp3) is 0.0714. The number of nitrogens with zero attached hydrogens (tertiary/aromatic N) is 1. The van der Waals surface area contributed by atoms with Crippen LogP contribution in [0.15, 0.2) is 36.4 Å². The van der Waals surface area contributed by atoms with Crippen LogP contribution in [0.25, 0.3) is 0 Å². The molecule has 2 rings (SSSR count). The van der Waals surface area contributed by atoms with Gasteiger partial charge in [0.1, 0.15) is 11.6 Å². The Morgan fingerprint density at radius 2 is 1.64 bits per heavy atom. The van der Waals surface area contributed by atoms with E-state index in [2.05, 4.69) is 0 Å². The van der Waals surface area contributed by atoms with Gasteiger partial charge in [-0.3, -0.25) is 10.1 Å². The van der Waals surface area contributed by atoms with E-state index in [1.165, 1.54) is 0 Å². The summed E-state index contributed by atoms with van der Waals surface area (Å²) < 4.78 is 65.4. The van der Waals surface area contributed by atoms with E-state index in [1.54, 1.807) is 5.32 Å². The molecule has 0 heterocycles. The van der Waals surface area contributed by atoms with E-state index in [0.717, 1.165) is 18.2 Å². The van der Waals surface area contributed by atoms with E-state index in [-0.39, 0.29) is 6.07 Å². The SMILES string of the molecule is O=C(Nc1cc(F)ccc1F)Nc1ccc([N+](=O)[O-])cc1C(F)(F)F. The summed E-state index contributed by atoms with van der Waals surface area (Å²) in [6.07, 6.45) is -4.99. The third kappa shape index (κ3) is 4.40. The average Bonchev–Trinajstić information content (AvgIpc) is 2.50. The van der Waals surface area contributed by atoms with Crippen LogP contribution in [0, 0.1) is 21.7 Å². The lowest BCUT2D eigenvalue weighted by Gasteiger charge is -2.14. The number of halogens is 5. The lowest BCUT2D eigenvalue weighted by molar-refractivity contribution is -0.385. The molecule has 0 bridgehead atoms. The molecule has 0 unspecified atom stereocenters. The second-order valence-electron chi connectivity index (χ2n) is 4.69. The predicted octanol–water partition coefficient (Wildman–Crippen LogP) is 4.54. The molecular formula is C14H8F5N3O3. The van der Waals surface area contributed by atoms with Gasteiger partial charge in [0.25, 0.3) is 5.69 Å². The van der Waals surface area contributed by atoms with Gasteiger partial charge in [-0.2, -0.15) is 13.2 Å². The number of urea groups is 1. The average molecular weight is 361 g/mol. The molecule has 2 aromatic carbocycles. The first-order chi connectivity index (χ1) is 11.6. The Labute approximate surface area is 136 Å². The number of nitro benzene ring substituents is 1. The molecule has 0 saturated heterocycles. The minimum Gasteiger partial charge on any atom is -0.307 e. The topological polar surface area (TPSA) is 84.3 Å². The van der Waals surface area contributed by atoms with E-state index < -0.39 is 51.4 Å². The van der Waals surface area contributed by atoms with Gasteiger partial charge in [0, 0.05) is 18.2 Å². The zero-order chi connectivity index (χ0) is 18.8. The van der Waals surface area contributed by atoms with Gasteiger partial charge in [0.2, 0.25) is 0 Å². The van der Waals surface area contributed by atoms with E-state index >= 15 is 0 Å². The summed E-state index contributed by atoms with van der Waals surface area (Å²) in [6, 6.07) is 2.54. The van der Waals surface area contributed by atoms with E-state index in [0.29, 0.717) is 12.1 Å². The number of alkyl halides is 3. The van der Waals surface area contributed by atoms with Crippen molar-refractivity contribution in [1.29, 1.82) is 0 Å². The van der Waals surface area contributed by atoms with Crippen LogP contribution < -0.4 is 10.6 Å². The van der Waals surface area contributed by atoms with Crippen molar-refractivity contribution in [2.45, 2.75) is 6.18 Å². The summed E-state index contributed by atoms with van der Waals surface area (Å²) in [5.41, 5.74) is -3.66. The summed E-state index contributed by atoms with van der Waals surface area (Å²) in [4.78, 5) is 21.3. The summed E-state index contributed by atoms with van der Waals surface area (Å²) in [5, 5.41) is 14.2. The highest BCUT2D eigenvalue weighted by atomic mass is 19.4. The highest BCUT2D eigenvalue weighted by Crippen LogP contribution is 2.37. The fourth-order valence-electron chi connectivity index (χ4n) is 1.86. The molecule has 0 aromatic heterocycles. The van der Waals surface area contributed by atoms with Crippen molar-refractivity contribution < 1.29 is 31.7 Å². The van der Waals surface area contributed by atoms with Crippen molar-refractivity contribution in [3.05, 3.63) is 63.7 Å². The first-order valence-corrected chi connectivity index (χ1v) is 6.46. The number of nitrogens with one attached hydrogen (secondary N) is 2. The number of nitro groups is 1. The smallest absolute Gasteiger partial charge is 0.307 e. The van der Waals surface area contributed by atoms with Crippen LogP contribution in [0.1, 0.15) is 5.56 Å². The van der Waals surface area contributed by atoms with Gasteiger partial charge in [0.05, 0.1) is 21.9 Å². The number of rotatable bonds is 3. The molecule has 0 aliphatic carbocycles. The van der Waals surface area contributed by atoms with Crippen molar-refractivity contribution in [3.63, 3.8) is 0 Å². The molecule has 0 aliphatic rings. The summed E-state index contributed by atoms with van der Waals surface area (Å²) in [6.45, 7) is 0. The van der Waals surface area contributed by atoms with Crippen molar-refractivity contribution >= 4 is 23.1 Å². The lowest BCUT2D eigenvalue weighted by atomic mass is 10.1. The number of hydrogen-bond donors (Lipinski definition) is 2. The third-order valence-electron chi connectivity index (χ3n) is 2.94. The maximum Gasteiger partial charge on any atom is 0.418 e. The highest BCUT2D eigenvalue weighted by Gasteiger charge is 2.35. The summed E-state index contributed by atoms with van der Waals surface area (Å²) in [7, 11) is 0. The van der Waals surface area contributed by atoms with Crippen LogP contribution in [0.5, 0.6) is 0 Å². The maximum absolute atomic E-state index is 13.4. The third-order valence-corrected chi connectivity index (χ3v) is 2.94. The number of carbonyl (C=O) groups excluding carboxylic acids is 1. The highest BCUT2D eigenvalue weighted by molar-refractivity contribution is 6.00. The standard InChI is InChI=1S/C14H8F5N3O3/c15-7-1-3-10(16)12(5-7)21-13(23)20-11-4-2-8(22(24)25)6-9(11)14(17,18)19/h1-6H,(H2,20,21,23). The lowest BCUT2D eigenvalue weighted by Crippen LogP contribution is -2.22. The van der Waals surface area contributed by atoms with Gasteiger partial charge in [0.15, 0.2) is 0 Å². The normalized spacial score (nSPS) is 11.1. The molecule has 0 saturated carbocycles. The molecule has 0 fully saturated rings. The minimum atomic E-state index is -4.99. The van der Waals surface area contributed by atoms with Crippen molar-refractivity contribution in [1.82, 2.24) is 0 Å². The molecule has 132 valence electrons. The molecule has 11 heteroatoms. The van der Waals surface area contributed by atoms with E-state index in [1.807, 2.05) is 5.32 Å². The Morgan fingerprint density at radius 3 is 2.24 bits per heavy atom. The van der Waals surface area contributed by atoms with Crippen LogP contribution in [0.4, 0.5) is 43.8 Å². The zero-order valence-electron chi connectivity index (χ0n) is 12.0.